The molecule has 14 heavy (non-hydrogen) atoms. The Morgan fingerprint density at radius 3 is 2.93 bits per heavy atom. The molecule has 76 valence electrons. The minimum absolute atomic E-state index is 0.0173. The number of aliphatic hydroxyl groups is 1. The van der Waals surface area contributed by atoms with Crippen LogP contribution < -0.4 is 5.32 Å². The molecule has 1 aliphatic carbocycles. The Morgan fingerprint density at radius 1 is 1.71 bits per heavy atom. The van der Waals surface area contributed by atoms with Crippen LogP contribution in [0.5, 0.6) is 0 Å². The molecule has 0 aromatic carbocycles. The summed E-state index contributed by atoms with van der Waals surface area (Å²) in [6, 6.07) is 1.50. The molecule has 1 aromatic heterocycles. The molecule has 1 amide bonds. The van der Waals surface area contributed by atoms with Crippen molar-refractivity contribution < 1.29 is 14.4 Å². The van der Waals surface area contributed by atoms with E-state index in [4.69, 9.17) is 5.11 Å². The van der Waals surface area contributed by atoms with Crippen LogP contribution in [-0.4, -0.2) is 28.3 Å². The number of carbonyl (C=O) groups excluding carboxylic acids is 1. The molecule has 1 fully saturated rings. The lowest BCUT2D eigenvalue weighted by atomic mass is 9.77. The van der Waals surface area contributed by atoms with Gasteiger partial charge in [-0.3, -0.25) is 4.79 Å². The number of hydrogen-bond donors (Lipinski definition) is 2. The molecule has 0 atom stereocenters. The van der Waals surface area contributed by atoms with Crippen molar-refractivity contribution in [1.82, 2.24) is 10.5 Å². The second-order valence-corrected chi connectivity index (χ2v) is 3.63. The summed E-state index contributed by atoms with van der Waals surface area (Å²) in [6.45, 7) is -0.0173. The summed E-state index contributed by atoms with van der Waals surface area (Å²) in [5, 5.41) is 15.4. The van der Waals surface area contributed by atoms with Crippen molar-refractivity contribution in [2.45, 2.75) is 24.8 Å². The smallest absolute Gasteiger partial charge is 0.273 e. The summed E-state index contributed by atoms with van der Waals surface area (Å²) in [5.41, 5.74) is -0.166. The van der Waals surface area contributed by atoms with Gasteiger partial charge in [-0.1, -0.05) is 5.16 Å². The summed E-state index contributed by atoms with van der Waals surface area (Å²) in [6.07, 6.45) is 4.04. The Balaban J connectivity index is 2.01. The number of nitrogens with one attached hydrogen (secondary N) is 1. The number of aromatic nitrogens is 1. The van der Waals surface area contributed by atoms with Crippen LogP contribution in [0.1, 0.15) is 29.8 Å². The second-order valence-electron chi connectivity index (χ2n) is 3.63. The largest absolute Gasteiger partial charge is 0.394 e. The summed E-state index contributed by atoms with van der Waals surface area (Å²) >= 11 is 0. The van der Waals surface area contributed by atoms with E-state index in [1.54, 1.807) is 0 Å². The van der Waals surface area contributed by atoms with Crippen LogP contribution >= 0.6 is 0 Å². The topological polar surface area (TPSA) is 75.4 Å². The van der Waals surface area contributed by atoms with Gasteiger partial charge in [-0.05, 0) is 19.3 Å². The fraction of sp³-hybridized carbons (Fsp3) is 0.556. The first-order valence-electron chi connectivity index (χ1n) is 4.59. The molecule has 0 bridgehead atoms. The Hall–Kier alpha value is -1.36. The van der Waals surface area contributed by atoms with Crippen molar-refractivity contribution in [3.63, 3.8) is 0 Å². The average molecular weight is 196 g/mol. The minimum Gasteiger partial charge on any atom is -0.394 e. The van der Waals surface area contributed by atoms with Crippen LogP contribution in [0, 0.1) is 0 Å². The molecule has 1 saturated carbocycles. The van der Waals surface area contributed by atoms with E-state index < -0.39 is 5.54 Å². The lowest BCUT2D eigenvalue weighted by Crippen LogP contribution is -2.56. The first-order valence-corrected chi connectivity index (χ1v) is 4.59. The fourth-order valence-corrected chi connectivity index (χ4v) is 1.56. The van der Waals surface area contributed by atoms with E-state index >= 15 is 0 Å². The fourth-order valence-electron chi connectivity index (χ4n) is 1.56. The number of hydrogen-bond acceptors (Lipinski definition) is 4. The van der Waals surface area contributed by atoms with Crippen LogP contribution in [0.2, 0.25) is 0 Å². The number of carbonyl (C=O) groups is 1. The number of nitrogens with zero attached hydrogens (tertiary/aromatic N) is 1. The molecule has 5 heteroatoms. The van der Waals surface area contributed by atoms with Crippen molar-refractivity contribution in [2.75, 3.05) is 6.61 Å². The van der Waals surface area contributed by atoms with Gasteiger partial charge >= 0.3 is 0 Å². The molecule has 1 heterocycles. The molecular formula is C9H12N2O3. The summed E-state index contributed by atoms with van der Waals surface area (Å²) in [7, 11) is 0. The zero-order valence-corrected chi connectivity index (χ0v) is 7.69. The third-order valence-corrected chi connectivity index (χ3v) is 2.66. The van der Waals surface area contributed by atoms with Gasteiger partial charge in [0.1, 0.15) is 6.26 Å². The molecular weight excluding hydrogens is 184 g/mol. The molecule has 0 aliphatic heterocycles. The van der Waals surface area contributed by atoms with Crippen molar-refractivity contribution >= 4 is 5.91 Å². The summed E-state index contributed by atoms with van der Waals surface area (Å²) < 4.78 is 4.56. The molecule has 0 radical (unpaired) electrons. The molecule has 1 aliphatic rings. The highest BCUT2D eigenvalue weighted by molar-refractivity contribution is 5.92. The van der Waals surface area contributed by atoms with Gasteiger partial charge in [-0.2, -0.15) is 0 Å². The van der Waals surface area contributed by atoms with Crippen LogP contribution in [0.25, 0.3) is 0 Å². The predicted molar refractivity (Wildman–Crippen MR) is 47.6 cm³/mol. The second kappa shape index (κ2) is 3.42. The van der Waals surface area contributed by atoms with E-state index in [1.165, 1.54) is 12.3 Å². The van der Waals surface area contributed by atoms with Crippen molar-refractivity contribution in [1.29, 1.82) is 0 Å². The van der Waals surface area contributed by atoms with Gasteiger partial charge in [-0.25, -0.2) is 0 Å². The Kier molecular flexibility index (Phi) is 2.25. The van der Waals surface area contributed by atoms with Gasteiger partial charge in [-0.15, -0.1) is 0 Å². The molecule has 0 unspecified atom stereocenters. The number of aliphatic hydroxyl groups excluding tert-OH is 1. The van der Waals surface area contributed by atoms with Gasteiger partial charge in [0.15, 0.2) is 5.69 Å². The Labute approximate surface area is 81.1 Å². The molecule has 5 nitrogen and oxygen atoms in total. The van der Waals surface area contributed by atoms with Crippen LogP contribution in [-0.2, 0) is 0 Å². The van der Waals surface area contributed by atoms with Gasteiger partial charge < -0.3 is 14.9 Å². The number of amides is 1. The number of rotatable bonds is 3. The summed E-state index contributed by atoms with van der Waals surface area (Å²) in [5.74, 6) is -0.285. The zero-order valence-electron chi connectivity index (χ0n) is 7.69. The minimum atomic E-state index is -0.421. The highest BCUT2D eigenvalue weighted by Gasteiger charge is 2.38. The van der Waals surface area contributed by atoms with E-state index in [1.807, 2.05) is 0 Å². The zero-order chi connectivity index (χ0) is 10.0. The Bertz CT molecular complexity index is 311. The van der Waals surface area contributed by atoms with E-state index in [0.717, 1.165) is 19.3 Å². The molecule has 2 rings (SSSR count). The van der Waals surface area contributed by atoms with Crippen molar-refractivity contribution in [3.8, 4) is 0 Å². The standard InChI is InChI=1S/C9H12N2O3/c12-6-9(3-1-4-9)10-8(13)7-2-5-14-11-7/h2,5,12H,1,3-4,6H2,(H,10,13). The monoisotopic (exact) mass is 196 g/mol. The van der Waals surface area contributed by atoms with Crippen molar-refractivity contribution in [2.24, 2.45) is 0 Å². The first-order chi connectivity index (χ1) is 6.76. The van der Waals surface area contributed by atoms with Gasteiger partial charge in [0.2, 0.25) is 0 Å². The maximum atomic E-state index is 11.5. The van der Waals surface area contributed by atoms with Gasteiger partial charge in [0.25, 0.3) is 5.91 Å². The molecule has 0 spiro atoms. The first kappa shape index (κ1) is 9.21. The maximum absolute atomic E-state index is 11.5. The third-order valence-electron chi connectivity index (χ3n) is 2.66. The molecule has 1 aromatic rings. The van der Waals surface area contributed by atoms with E-state index in [0.29, 0.717) is 0 Å². The predicted octanol–water partition coefficient (Wildman–Crippen LogP) is 0.319. The lowest BCUT2D eigenvalue weighted by Gasteiger charge is -2.40. The lowest BCUT2D eigenvalue weighted by molar-refractivity contribution is 0.0634. The van der Waals surface area contributed by atoms with E-state index in [-0.39, 0.29) is 18.2 Å². The normalized spacial score (nSPS) is 18.6. The van der Waals surface area contributed by atoms with Gasteiger partial charge in [0.05, 0.1) is 12.1 Å². The van der Waals surface area contributed by atoms with Crippen LogP contribution in [0.4, 0.5) is 0 Å². The highest BCUT2D eigenvalue weighted by Crippen LogP contribution is 2.31. The third kappa shape index (κ3) is 1.50. The molecule has 2 N–H and O–H groups in total. The van der Waals surface area contributed by atoms with Crippen LogP contribution in [0.3, 0.4) is 0 Å². The average Bonchev–Trinajstić information content (AvgIpc) is 2.63. The van der Waals surface area contributed by atoms with E-state index in [2.05, 4.69) is 15.0 Å². The molecule has 0 saturated heterocycles. The quantitative estimate of drug-likeness (QED) is 0.730. The summed E-state index contributed by atoms with van der Waals surface area (Å²) in [4.78, 5) is 11.5. The van der Waals surface area contributed by atoms with Crippen LogP contribution in [0.15, 0.2) is 16.9 Å². The Morgan fingerprint density at radius 2 is 2.50 bits per heavy atom. The van der Waals surface area contributed by atoms with Crippen molar-refractivity contribution in [3.05, 3.63) is 18.0 Å². The van der Waals surface area contributed by atoms with E-state index in [9.17, 15) is 4.79 Å². The maximum Gasteiger partial charge on any atom is 0.273 e. The SMILES string of the molecule is O=C(NC1(CO)CCC1)c1ccon1. The highest BCUT2D eigenvalue weighted by atomic mass is 16.5. The van der Waals surface area contributed by atoms with Gasteiger partial charge in [0, 0.05) is 6.07 Å².